The molecule has 0 spiro atoms. The summed E-state index contributed by atoms with van der Waals surface area (Å²) in [5.74, 6) is -0.873. The van der Waals surface area contributed by atoms with Gasteiger partial charge < -0.3 is 15.7 Å². The SMILES string of the molecule is CCCC1(C(=O)NC(C)(C)CC(=O)O)CCNCC1. The molecule has 5 nitrogen and oxygen atoms in total. The van der Waals surface area contributed by atoms with Crippen LogP contribution >= 0.6 is 0 Å². The maximum Gasteiger partial charge on any atom is 0.305 e. The summed E-state index contributed by atoms with van der Waals surface area (Å²) in [5, 5.41) is 15.1. The lowest BCUT2D eigenvalue weighted by Gasteiger charge is -2.39. The van der Waals surface area contributed by atoms with Crippen molar-refractivity contribution in [3.63, 3.8) is 0 Å². The van der Waals surface area contributed by atoms with Crippen molar-refractivity contribution in [1.29, 1.82) is 0 Å². The molecule has 0 radical (unpaired) electrons. The van der Waals surface area contributed by atoms with Crippen molar-refractivity contribution in [1.82, 2.24) is 10.6 Å². The predicted molar refractivity (Wildman–Crippen MR) is 73.9 cm³/mol. The van der Waals surface area contributed by atoms with Crippen LogP contribution in [-0.2, 0) is 9.59 Å². The average molecular weight is 270 g/mol. The number of nitrogens with one attached hydrogen (secondary N) is 2. The molecule has 0 aromatic heterocycles. The van der Waals surface area contributed by atoms with E-state index in [1.54, 1.807) is 13.8 Å². The number of rotatable bonds is 6. The number of amides is 1. The Balaban J connectivity index is 2.74. The number of carbonyl (C=O) groups is 2. The molecule has 1 saturated heterocycles. The fourth-order valence-electron chi connectivity index (χ4n) is 2.84. The summed E-state index contributed by atoms with van der Waals surface area (Å²) < 4.78 is 0. The maximum atomic E-state index is 12.6. The second kappa shape index (κ2) is 6.37. The van der Waals surface area contributed by atoms with Crippen LogP contribution in [0.5, 0.6) is 0 Å². The van der Waals surface area contributed by atoms with E-state index in [2.05, 4.69) is 17.6 Å². The van der Waals surface area contributed by atoms with E-state index in [9.17, 15) is 9.59 Å². The molecule has 0 aliphatic carbocycles. The van der Waals surface area contributed by atoms with E-state index in [-0.39, 0.29) is 17.7 Å². The summed E-state index contributed by atoms with van der Waals surface area (Å²) in [6.07, 6.45) is 3.43. The number of piperidine rings is 1. The quantitative estimate of drug-likeness (QED) is 0.684. The highest BCUT2D eigenvalue weighted by atomic mass is 16.4. The number of carbonyl (C=O) groups excluding carboxylic acids is 1. The monoisotopic (exact) mass is 270 g/mol. The number of hydrogen-bond acceptors (Lipinski definition) is 3. The molecule has 5 heteroatoms. The topological polar surface area (TPSA) is 78.4 Å². The standard InChI is InChI=1S/C14H26N2O3/c1-4-5-14(6-8-15-9-7-14)12(19)16-13(2,3)10-11(17)18/h15H,4-10H2,1-3H3,(H,16,19)(H,17,18). The van der Waals surface area contributed by atoms with Crippen molar-refractivity contribution in [3.8, 4) is 0 Å². The smallest absolute Gasteiger partial charge is 0.305 e. The maximum absolute atomic E-state index is 12.6. The van der Waals surface area contributed by atoms with Gasteiger partial charge in [-0.1, -0.05) is 13.3 Å². The largest absolute Gasteiger partial charge is 0.481 e. The molecular weight excluding hydrogens is 244 g/mol. The molecule has 1 rings (SSSR count). The lowest BCUT2D eigenvalue weighted by Crippen LogP contribution is -2.54. The minimum absolute atomic E-state index is 0.0158. The molecule has 1 fully saturated rings. The van der Waals surface area contributed by atoms with E-state index in [4.69, 9.17) is 5.11 Å². The van der Waals surface area contributed by atoms with E-state index in [1.807, 2.05) is 0 Å². The van der Waals surface area contributed by atoms with E-state index in [0.29, 0.717) is 0 Å². The molecular formula is C14H26N2O3. The van der Waals surface area contributed by atoms with Crippen LogP contribution in [0.15, 0.2) is 0 Å². The molecule has 1 aliphatic rings. The van der Waals surface area contributed by atoms with Gasteiger partial charge in [0.1, 0.15) is 0 Å². The van der Waals surface area contributed by atoms with Crippen molar-refractivity contribution in [2.24, 2.45) is 5.41 Å². The van der Waals surface area contributed by atoms with Gasteiger partial charge in [0, 0.05) is 5.54 Å². The Bertz CT molecular complexity index is 328. The van der Waals surface area contributed by atoms with Crippen molar-refractivity contribution in [2.45, 2.75) is 58.4 Å². The zero-order valence-electron chi connectivity index (χ0n) is 12.2. The van der Waals surface area contributed by atoms with Crippen molar-refractivity contribution in [3.05, 3.63) is 0 Å². The zero-order valence-corrected chi connectivity index (χ0v) is 12.2. The molecule has 19 heavy (non-hydrogen) atoms. The predicted octanol–water partition coefficient (Wildman–Crippen LogP) is 1.53. The third-order valence-electron chi connectivity index (χ3n) is 3.82. The first kappa shape index (κ1) is 16.0. The zero-order chi connectivity index (χ0) is 14.5. The number of aliphatic carboxylic acids is 1. The van der Waals surface area contributed by atoms with Crippen molar-refractivity contribution >= 4 is 11.9 Å². The van der Waals surface area contributed by atoms with Gasteiger partial charge in [-0.15, -0.1) is 0 Å². The molecule has 3 N–H and O–H groups in total. The highest BCUT2D eigenvalue weighted by molar-refractivity contribution is 5.84. The molecule has 1 heterocycles. The van der Waals surface area contributed by atoms with Crippen LogP contribution in [0.25, 0.3) is 0 Å². The van der Waals surface area contributed by atoms with Crippen LogP contribution in [0.3, 0.4) is 0 Å². The van der Waals surface area contributed by atoms with Gasteiger partial charge in [-0.3, -0.25) is 9.59 Å². The first-order valence-corrected chi connectivity index (χ1v) is 7.06. The first-order chi connectivity index (χ1) is 8.81. The van der Waals surface area contributed by atoms with Gasteiger partial charge >= 0.3 is 5.97 Å². The molecule has 0 bridgehead atoms. The minimum atomic E-state index is -0.889. The third kappa shape index (κ3) is 4.49. The number of carboxylic acids is 1. The average Bonchev–Trinajstić information content (AvgIpc) is 2.28. The summed E-state index contributed by atoms with van der Waals surface area (Å²) in [6, 6.07) is 0. The molecule has 110 valence electrons. The molecule has 1 amide bonds. The van der Waals surface area contributed by atoms with Crippen LogP contribution in [-0.4, -0.2) is 35.6 Å². The molecule has 0 aromatic rings. The first-order valence-electron chi connectivity index (χ1n) is 7.06. The summed E-state index contributed by atoms with van der Waals surface area (Å²) in [6.45, 7) is 7.32. The number of carboxylic acid groups (broad SMARTS) is 1. The molecule has 0 unspecified atom stereocenters. The van der Waals surface area contributed by atoms with E-state index >= 15 is 0 Å². The van der Waals surface area contributed by atoms with Crippen LogP contribution in [0.4, 0.5) is 0 Å². The van der Waals surface area contributed by atoms with E-state index in [0.717, 1.165) is 38.8 Å². The molecule has 1 aliphatic heterocycles. The lowest BCUT2D eigenvalue weighted by molar-refractivity contribution is -0.140. The normalized spacial score (nSPS) is 18.9. The van der Waals surface area contributed by atoms with Crippen LogP contribution in [0, 0.1) is 5.41 Å². The van der Waals surface area contributed by atoms with Gasteiger partial charge in [0.2, 0.25) is 5.91 Å². The Morgan fingerprint density at radius 1 is 1.32 bits per heavy atom. The lowest BCUT2D eigenvalue weighted by atomic mass is 9.74. The summed E-state index contributed by atoms with van der Waals surface area (Å²) in [5.41, 5.74) is -1.02. The fraction of sp³-hybridized carbons (Fsp3) is 0.857. The van der Waals surface area contributed by atoms with E-state index < -0.39 is 11.5 Å². The van der Waals surface area contributed by atoms with E-state index in [1.165, 1.54) is 0 Å². The third-order valence-corrected chi connectivity index (χ3v) is 3.82. The Morgan fingerprint density at radius 3 is 2.37 bits per heavy atom. The Hall–Kier alpha value is -1.10. The highest BCUT2D eigenvalue weighted by Crippen LogP contribution is 2.35. The molecule has 0 saturated carbocycles. The molecule has 0 atom stereocenters. The second-order valence-corrected chi connectivity index (χ2v) is 6.19. The van der Waals surface area contributed by atoms with Gasteiger partial charge in [0.05, 0.1) is 11.8 Å². The molecule has 0 aromatic carbocycles. The van der Waals surface area contributed by atoms with Gasteiger partial charge in [-0.25, -0.2) is 0 Å². The number of hydrogen-bond donors (Lipinski definition) is 3. The van der Waals surface area contributed by atoms with Crippen molar-refractivity contribution < 1.29 is 14.7 Å². The fourth-order valence-corrected chi connectivity index (χ4v) is 2.84. The summed E-state index contributed by atoms with van der Waals surface area (Å²) in [7, 11) is 0. The summed E-state index contributed by atoms with van der Waals surface area (Å²) >= 11 is 0. The minimum Gasteiger partial charge on any atom is -0.481 e. The van der Waals surface area contributed by atoms with Gasteiger partial charge in [0.15, 0.2) is 0 Å². The van der Waals surface area contributed by atoms with Crippen LogP contribution in [0.2, 0.25) is 0 Å². The van der Waals surface area contributed by atoms with Gasteiger partial charge in [-0.05, 0) is 46.2 Å². The van der Waals surface area contributed by atoms with Crippen molar-refractivity contribution in [2.75, 3.05) is 13.1 Å². The Kier molecular flexibility index (Phi) is 5.35. The Labute approximate surface area is 115 Å². The Morgan fingerprint density at radius 2 is 1.89 bits per heavy atom. The van der Waals surface area contributed by atoms with Gasteiger partial charge in [-0.2, -0.15) is 0 Å². The summed E-state index contributed by atoms with van der Waals surface area (Å²) in [4.78, 5) is 23.4. The second-order valence-electron chi connectivity index (χ2n) is 6.19. The van der Waals surface area contributed by atoms with Crippen LogP contribution < -0.4 is 10.6 Å². The van der Waals surface area contributed by atoms with Crippen LogP contribution in [0.1, 0.15) is 52.9 Å². The highest BCUT2D eigenvalue weighted by Gasteiger charge is 2.40. The van der Waals surface area contributed by atoms with Gasteiger partial charge in [0.25, 0.3) is 0 Å².